The number of nitrogens with two attached hydrogens (primary N) is 1. The van der Waals surface area contributed by atoms with Crippen molar-refractivity contribution in [2.24, 2.45) is 0 Å². The van der Waals surface area contributed by atoms with Crippen molar-refractivity contribution in [3.8, 4) is 0 Å². The van der Waals surface area contributed by atoms with E-state index in [4.69, 9.17) is 17.3 Å². The van der Waals surface area contributed by atoms with Crippen molar-refractivity contribution in [3.05, 3.63) is 59.6 Å². The second-order valence-corrected chi connectivity index (χ2v) is 4.78. The van der Waals surface area contributed by atoms with Crippen molar-refractivity contribution in [2.75, 3.05) is 11.1 Å². The summed E-state index contributed by atoms with van der Waals surface area (Å²) in [5.41, 5.74) is 7.86. The second kappa shape index (κ2) is 4.98. The molecule has 1 aromatic heterocycles. The van der Waals surface area contributed by atoms with Crippen molar-refractivity contribution in [1.82, 2.24) is 4.98 Å². The van der Waals surface area contributed by atoms with Crippen LogP contribution in [0.1, 0.15) is 0 Å². The molecule has 0 amide bonds. The molecule has 20 heavy (non-hydrogen) atoms. The van der Waals surface area contributed by atoms with Gasteiger partial charge in [0.25, 0.3) is 0 Å². The van der Waals surface area contributed by atoms with E-state index in [0.29, 0.717) is 22.1 Å². The number of nitrogen functional groups attached to an aromatic ring is 1. The van der Waals surface area contributed by atoms with Gasteiger partial charge in [-0.25, -0.2) is 4.39 Å². The Balaban J connectivity index is 2.07. The average Bonchev–Trinajstić information content (AvgIpc) is 2.46. The lowest BCUT2D eigenvalue weighted by atomic mass is 10.1. The number of nitrogens with one attached hydrogen (secondary N) is 1. The van der Waals surface area contributed by atoms with Crippen LogP contribution in [0.25, 0.3) is 10.8 Å². The van der Waals surface area contributed by atoms with Crippen molar-refractivity contribution >= 4 is 39.4 Å². The number of benzene rings is 2. The fourth-order valence-corrected chi connectivity index (χ4v) is 2.20. The molecule has 0 fully saturated rings. The molecular formula is C15H11ClFN3. The predicted molar refractivity (Wildman–Crippen MR) is 80.8 cm³/mol. The molecule has 5 heteroatoms. The number of nitrogens with zero attached hydrogens (tertiary/aromatic N) is 1. The summed E-state index contributed by atoms with van der Waals surface area (Å²) in [6.45, 7) is 0. The monoisotopic (exact) mass is 287 g/mol. The molecule has 0 bridgehead atoms. The summed E-state index contributed by atoms with van der Waals surface area (Å²) in [4.78, 5) is 4.05. The molecule has 3 nitrogen and oxygen atoms in total. The molecule has 0 atom stereocenters. The van der Waals surface area contributed by atoms with Crippen LogP contribution in [0.2, 0.25) is 5.02 Å². The molecule has 0 saturated carbocycles. The van der Waals surface area contributed by atoms with E-state index in [1.54, 1.807) is 12.4 Å². The van der Waals surface area contributed by atoms with Gasteiger partial charge >= 0.3 is 0 Å². The van der Waals surface area contributed by atoms with E-state index < -0.39 is 0 Å². The van der Waals surface area contributed by atoms with Crippen LogP contribution in [0.15, 0.2) is 48.8 Å². The van der Waals surface area contributed by atoms with Gasteiger partial charge in [0, 0.05) is 23.2 Å². The highest BCUT2D eigenvalue weighted by Gasteiger charge is 2.07. The molecule has 0 unspecified atom stereocenters. The number of aromatic nitrogens is 1. The zero-order valence-corrected chi connectivity index (χ0v) is 11.2. The van der Waals surface area contributed by atoms with Crippen LogP contribution in [0, 0.1) is 5.82 Å². The maximum Gasteiger partial charge on any atom is 0.125 e. The molecule has 1 heterocycles. The number of anilines is 3. The molecule has 0 radical (unpaired) electrons. The molecule has 3 rings (SSSR count). The predicted octanol–water partition coefficient (Wildman–Crippen LogP) is 4.35. The van der Waals surface area contributed by atoms with Crippen molar-refractivity contribution in [1.29, 1.82) is 0 Å². The summed E-state index contributed by atoms with van der Waals surface area (Å²) in [5.74, 6) is -0.361. The number of halogens is 2. The molecule has 3 aromatic rings. The largest absolute Gasteiger partial charge is 0.397 e. The number of pyridine rings is 1. The summed E-state index contributed by atoms with van der Waals surface area (Å²) in [5, 5.41) is 5.32. The van der Waals surface area contributed by atoms with E-state index in [-0.39, 0.29) is 5.82 Å². The minimum atomic E-state index is -0.361. The van der Waals surface area contributed by atoms with Crippen LogP contribution in [-0.2, 0) is 0 Å². The van der Waals surface area contributed by atoms with E-state index in [0.717, 1.165) is 10.8 Å². The Hall–Kier alpha value is -2.33. The molecule has 0 aliphatic carbocycles. The highest BCUT2D eigenvalue weighted by molar-refractivity contribution is 6.33. The summed E-state index contributed by atoms with van der Waals surface area (Å²) >= 11 is 6.04. The van der Waals surface area contributed by atoms with E-state index in [2.05, 4.69) is 10.3 Å². The first-order chi connectivity index (χ1) is 9.65. The summed E-state index contributed by atoms with van der Waals surface area (Å²) in [6, 6.07) is 9.69. The second-order valence-electron chi connectivity index (χ2n) is 4.37. The SMILES string of the molecule is Nc1c(Nc2cc(F)ccc2Cl)ccc2cnccc12. The summed E-state index contributed by atoms with van der Waals surface area (Å²) in [6.07, 6.45) is 3.42. The van der Waals surface area contributed by atoms with Crippen LogP contribution in [-0.4, -0.2) is 4.98 Å². The Morgan fingerprint density at radius 2 is 1.95 bits per heavy atom. The van der Waals surface area contributed by atoms with Gasteiger partial charge in [0.05, 0.1) is 22.1 Å². The van der Waals surface area contributed by atoms with Gasteiger partial charge in [-0.05, 0) is 30.3 Å². The molecular weight excluding hydrogens is 277 g/mol. The minimum absolute atomic E-state index is 0.361. The highest BCUT2D eigenvalue weighted by atomic mass is 35.5. The first-order valence-corrected chi connectivity index (χ1v) is 6.37. The van der Waals surface area contributed by atoms with E-state index >= 15 is 0 Å². The molecule has 100 valence electrons. The smallest absolute Gasteiger partial charge is 0.125 e. The van der Waals surface area contributed by atoms with Gasteiger partial charge in [-0.15, -0.1) is 0 Å². The standard InChI is InChI=1S/C15H11ClFN3/c16-12-3-2-10(17)7-14(12)20-13-4-1-9-8-19-6-5-11(9)15(13)18/h1-8,20H,18H2. The quantitative estimate of drug-likeness (QED) is 0.689. The Morgan fingerprint density at radius 1 is 1.10 bits per heavy atom. The Kier molecular flexibility index (Phi) is 3.16. The topological polar surface area (TPSA) is 50.9 Å². The minimum Gasteiger partial charge on any atom is -0.397 e. The van der Waals surface area contributed by atoms with E-state index in [1.807, 2.05) is 18.2 Å². The normalized spacial score (nSPS) is 10.7. The first-order valence-electron chi connectivity index (χ1n) is 5.99. The average molecular weight is 288 g/mol. The van der Waals surface area contributed by atoms with E-state index in [1.165, 1.54) is 18.2 Å². The van der Waals surface area contributed by atoms with Crippen LogP contribution in [0.5, 0.6) is 0 Å². The third-order valence-corrected chi connectivity index (χ3v) is 3.39. The van der Waals surface area contributed by atoms with Gasteiger partial charge in [-0.2, -0.15) is 0 Å². The molecule has 2 aromatic carbocycles. The van der Waals surface area contributed by atoms with Gasteiger partial charge in [-0.3, -0.25) is 4.98 Å². The zero-order chi connectivity index (χ0) is 14.1. The fraction of sp³-hybridized carbons (Fsp3) is 0. The Bertz CT molecular complexity index is 789. The molecule has 3 N–H and O–H groups in total. The van der Waals surface area contributed by atoms with Crippen molar-refractivity contribution in [2.45, 2.75) is 0 Å². The van der Waals surface area contributed by atoms with Crippen LogP contribution in [0.4, 0.5) is 21.5 Å². The third kappa shape index (κ3) is 2.26. The molecule has 0 aliphatic heterocycles. The Labute approximate surface area is 120 Å². The highest BCUT2D eigenvalue weighted by Crippen LogP contribution is 2.33. The summed E-state index contributed by atoms with van der Waals surface area (Å²) in [7, 11) is 0. The molecule has 0 aliphatic rings. The van der Waals surface area contributed by atoms with Crippen molar-refractivity contribution in [3.63, 3.8) is 0 Å². The lowest BCUT2D eigenvalue weighted by molar-refractivity contribution is 0.628. The van der Waals surface area contributed by atoms with Crippen LogP contribution in [0.3, 0.4) is 0 Å². The fourth-order valence-electron chi connectivity index (χ4n) is 2.04. The van der Waals surface area contributed by atoms with Gasteiger partial charge < -0.3 is 11.1 Å². The molecule has 0 spiro atoms. The number of hydrogen-bond acceptors (Lipinski definition) is 3. The van der Waals surface area contributed by atoms with E-state index in [9.17, 15) is 4.39 Å². The number of fused-ring (bicyclic) bond motifs is 1. The first kappa shape index (κ1) is 12.7. The van der Waals surface area contributed by atoms with Gasteiger partial charge in [0.1, 0.15) is 5.82 Å². The maximum absolute atomic E-state index is 13.3. The lowest BCUT2D eigenvalue weighted by Crippen LogP contribution is -1.98. The van der Waals surface area contributed by atoms with Crippen LogP contribution >= 0.6 is 11.6 Å². The van der Waals surface area contributed by atoms with Gasteiger partial charge in [-0.1, -0.05) is 17.7 Å². The number of hydrogen-bond donors (Lipinski definition) is 2. The summed E-state index contributed by atoms with van der Waals surface area (Å²) < 4.78 is 13.3. The van der Waals surface area contributed by atoms with Crippen LogP contribution < -0.4 is 11.1 Å². The lowest BCUT2D eigenvalue weighted by Gasteiger charge is -2.12. The zero-order valence-electron chi connectivity index (χ0n) is 10.4. The Morgan fingerprint density at radius 3 is 2.80 bits per heavy atom. The third-order valence-electron chi connectivity index (χ3n) is 3.06. The number of rotatable bonds is 2. The maximum atomic E-state index is 13.3. The van der Waals surface area contributed by atoms with Gasteiger partial charge in [0.2, 0.25) is 0 Å². The van der Waals surface area contributed by atoms with Crippen molar-refractivity contribution < 1.29 is 4.39 Å². The van der Waals surface area contributed by atoms with Gasteiger partial charge in [0.15, 0.2) is 0 Å². The molecule has 0 saturated heterocycles.